The molecular weight excluding hydrogens is 260 g/mol. The zero-order valence-electron chi connectivity index (χ0n) is 11.7. The van der Waals surface area contributed by atoms with Gasteiger partial charge in [0.1, 0.15) is 0 Å². The van der Waals surface area contributed by atoms with E-state index < -0.39 is 6.10 Å². The molecule has 106 valence electrons. The third-order valence-electron chi connectivity index (χ3n) is 3.93. The number of aliphatic hydroxyl groups is 1. The maximum absolute atomic E-state index is 10.2. The summed E-state index contributed by atoms with van der Waals surface area (Å²) in [5.74, 6) is 0. The van der Waals surface area contributed by atoms with Crippen molar-refractivity contribution in [3.8, 4) is 0 Å². The van der Waals surface area contributed by atoms with Crippen LogP contribution < -0.4 is 0 Å². The quantitative estimate of drug-likeness (QED) is 0.898. The molecule has 1 N–H and O–H groups in total. The second kappa shape index (κ2) is 6.71. The molecule has 1 aromatic carbocycles. The summed E-state index contributed by atoms with van der Waals surface area (Å²) in [6.45, 7) is 3.18. The predicted molar refractivity (Wildman–Crippen MR) is 79.6 cm³/mol. The van der Waals surface area contributed by atoms with Gasteiger partial charge in [-0.3, -0.25) is 0 Å². The summed E-state index contributed by atoms with van der Waals surface area (Å²) in [5.41, 5.74) is 0.913. The van der Waals surface area contributed by atoms with Gasteiger partial charge in [0.25, 0.3) is 0 Å². The van der Waals surface area contributed by atoms with Crippen molar-refractivity contribution in [2.24, 2.45) is 0 Å². The number of benzene rings is 1. The molecule has 0 aliphatic carbocycles. The van der Waals surface area contributed by atoms with Crippen LogP contribution in [0.25, 0.3) is 0 Å². The molecule has 0 radical (unpaired) electrons. The largest absolute Gasteiger partial charge is 0.388 e. The van der Waals surface area contributed by atoms with E-state index in [0.717, 1.165) is 31.6 Å². The van der Waals surface area contributed by atoms with E-state index in [1.165, 1.54) is 6.42 Å². The lowest BCUT2D eigenvalue weighted by molar-refractivity contribution is 0.146. The molecule has 2 atom stereocenters. The van der Waals surface area contributed by atoms with E-state index >= 15 is 0 Å². The average molecular weight is 283 g/mol. The van der Waals surface area contributed by atoms with Gasteiger partial charge in [0, 0.05) is 24.2 Å². The van der Waals surface area contributed by atoms with Gasteiger partial charge in [-0.15, -0.1) is 0 Å². The van der Waals surface area contributed by atoms with Crippen LogP contribution in [0.3, 0.4) is 0 Å². The molecule has 0 aromatic heterocycles. The minimum absolute atomic E-state index is 0.419. The molecule has 1 aliphatic heterocycles. The molecule has 1 heterocycles. The van der Waals surface area contributed by atoms with Crippen LogP contribution in [0, 0.1) is 0 Å². The average Bonchev–Trinajstić information content (AvgIpc) is 2.85. The topological polar surface area (TPSA) is 26.7 Å². The lowest BCUT2D eigenvalue weighted by Crippen LogP contribution is -2.32. The lowest BCUT2D eigenvalue weighted by Gasteiger charge is -2.21. The Morgan fingerprint density at radius 3 is 2.89 bits per heavy atom. The molecule has 0 spiro atoms. The van der Waals surface area contributed by atoms with Crippen LogP contribution in [-0.4, -0.2) is 54.7 Å². The molecule has 1 aliphatic rings. The Kier molecular flexibility index (Phi) is 5.22. The molecule has 0 amide bonds. The van der Waals surface area contributed by atoms with Gasteiger partial charge >= 0.3 is 0 Å². The highest BCUT2D eigenvalue weighted by Crippen LogP contribution is 2.22. The summed E-state index contributed by atoms with van der Waals surface area (Å²) in [7, 11) is 4.27. The van der Waals surface area contributed by atoms with E-state index in [1.807, 2.05) is 24.3 Å². The number of hydrogen-bond acceptors (Lipinski definition) is 3. The highest BCUT2D eigenvalue weighted by Gasteiger charge is 2.24. The Labute approximate surface area is 120 Å². The number of likely N-dealkylation sites (N-methyl/N-ethyl adjacent to an activating group) is 1. The maximum atomic E-state index is 10.2. The normalized spacial score (nSPS) is 22.1. The summed E-state index contributed by atoms with van der Waals surface area (Å²) < 4.78 is 0. The van der Waals surface area contributed by atoms with Crippen molar-refractivity contribution in [1.82, 2.24) is 9.80 Å². The van der Waals surface area contributed by atoms with Gasteiger partial charge in [0.15, 0.2) is 0 Å². The summed E-state index contributed by atoms with van der Waals surface area (Å²) in [6, 6.07) is 8.16. The monoisotopic (exact) mass is 282 g/mol. The fourth-order valence-corrected chi connectivity index (χ4v) is 2.82. The molecule has 2 rings (SSSR count). The van der Waals surface area contributed by atoms with Crippen molar-refractivity contribution < 1.29 is 5.11 Å². The van der Waals surface area contributed by atoms with Crippen LogP contribution in [0.1, 0.15) is 24.5 Å². The van der Waals surface area contributed by atoms with E-state index in [-0.39, 0.29) is 0 Å². The van der Waals surface area contributed by atoms with Crippen LogP contribution in [0.5, 0.6) is 0 Å². The number of likely N-dealkylation sites (tertiary alicyclic amines) is 1. The Balaban J connectivity index is 1.80. The van der Waals surface area contributed by atoms with Crippen molar-refractivity contribution in [3.05, 3.63) is 34.9 Å². The zero-order chi connectivity index (χ0) is 13.8. The Hall–Kier alpha value is -0.610. The standard InChI is InChI=1S/C15H23ClN2O/c1-17(2)14-6-8-18(11-14)9-7-15(19)12-4-3-5-13(16)10-12/h3-5,10,14-15,19H,6-9,11H2,1-2H3. The van der Waals surface area contributed by atoms with Gasteiger partial charge in [-0.2, -0.15) is 0 Å². The van der Waals surface area contributed by atoms with E-state index in [1.54, 1.807) is 0 Å². The number of rotatable bonds is 5. The third kappa shape index (κ3) is 4.18. The first-order chi connectivity index (χ1) is 9.06. The summed E-state index contributed by atoms with van der Waals surface area (Å²) >= 11 is 5.94. The van der Waals surface area contributed by atoms with Gasteiger partial charge in [-0.05, 0) is 51.2 Å². The van der Waals surface area contributed by atoms with E-state index in [2.05, 4.69) is 23.9 Å². The molecule has 1 fully saturated rings. The smallest absolute Gasteiger partial charge is 0.0802 e. The van der Waals surface area contributed by atoms with Crippen molar-refractivity contribution in [2.75, 3.05) is 33.7 Å². The maximum Gasteiger partial charge on any atom is 0.0802 e. The van der Waals surface area contributed by atoms with Crippen molar-refractivity contribution in [2.45, 2.75) is 25.0 Å². The van der Waals surface area contributed by atoms with Crippen LogP contribution in [-0.2, 0) is 0 Å². The van der Waals surface area contributed by atoms with Gasteiger partial charge in [-0.1, -0.05) is 23.7 Å². The number of hydrogen-bond donors (Lipinski definition) is 1. The molecule has 19 heavy (non-hydrogen) atoms. The lowest BCUT2D eigenvalue weighted by atomic mass is 10.1. The Morgan fingerprint density at radius 1 is 1.47 bits per heavy atom. The highest BCUT2D eigenvalue weighted by atomic mass is 35.5. The Morgan fingerprint density at radius 2 is 2.26 bits per heavy atom. The van der Waals surface area contributed by atoms with E-state index in [4.69, 9.17) is 11.6 Å². The van der Waals surface area contributed by atoms with Gasteiger partial charge in [-0.25, -0.2) is 0 Å². The molecular formula is C15H23ClN2O. The Bertz CT molecular complexity index is 411. The van der Waals surface area contributed by atoms with Crippen molar-refractivity contribution in [1.29, 1.82) is 0 Å². The first-order valence-corrected chi connectivity index (χ1v) is 7.26. The van der Waals surface area contributed by atoms with Crippen LogP contribution >= 0.6 is 11.6 Å². The summed E-state index contributed by atoms with van der Waals surface area (Å²) in [6.07, 6.45) is 1.57. The van der Waals surface area contributed by atoms with Crippen LogP contribution in [0.4, 0.5) is 0 Å². The fourth-order valence-electron chi connectivity index (χ4n) is 2.62. The number of nitrogens with zero attached hydrogens (tertiary/aromatic N) is 2. The minimum Gasteiger partial charge on any atom is -0.388 e. The van der Waals surface area contributed by atoms with E-state index in [0.29, 0.717) is 11.1 Å². The van der Waals surface area contributed by atoms with Crippen molar-refractivity contribution >= 4 is 11.6 Å². The van der Waals surface area contributed by atoms with Crippen LogP contribution in [0.15, 0.2) is 24.3 Å². The molecule has 1 saturated heterocycles. The van der Waals surface area contributed by atoms with Gasteiger partial charge < -0.3 is 14.9 Å². The predicted octanol–water partition coefficient (Wildman–Crippen LogP) is 2.40. The third-order valence-corrected chi connectivity index (χ3v) is 4.17. The van der Waals surface area contributed by atoms with Gasteiger partial charge in [0.05, 0.1) is 6.10 Å². The fraction of sp³-hybridized carbons (Fsp3) is 0.600. The minimum atomic E-state index is -0.419. The SMILES string of the molecule is CN(C)C1CCN(CCC(O)c2cccc(Cl)c2)C1. The molecule has 2 unspecified atom stereocenters. The van der Waals surface area contributed by atoms with Gasteiger partial charge in [0.2, 0.25) is 0 Å². The number of aliphatic hydroxyl groups excluding tert-OH is 1. The van der Waals surface area contributed by atoms with E-state index in [9.17, 15) is 5.11 Å². The number of halogens is 1. The molecule has 1 aromatic rings. The molecule has 0 saturated carbocycles. The second-order valence-corrected chi connectivity index (χ2v) is 6.00. The zero-order valence-corrected chi connectivity index (χ0v) is 12.5. The molecule has 4 heteroatoms. The highest BCUT2D eigenvalue weighted by molar-refractivity contribution is 6.30. The van der Waals surface area contributed by atoms with Crippen LogP contribution in [0.2, 0.25) is 5.02 Å². The summed E-state index contributed by atoms with van der Waals surface area (Å²) in [4.78, 5) is 4.71. The second-order valence-electron chi connectivity index (χ2n) is 5.57. The molecule has 0 bridgehead atoms. The first-order valence-electron chi connectivity index (χ1n) is 6.88. The first kappa shape index (κ1) is 14.8. The molecule has 3 nitrogen and oxygen atoms in total. The van der Waals surface area contributed by atoms with Crippen molar-refractivity contribution in [3.63, 3.8) is 0 Å². The summed E-state index contributed by atoms with van der Waals surface area (Å²) in [5, 5.41) is 10.9.